The van der Waals surface area contributed by atoms with Crippen LogP contribution in [0.3, 0.4) is 0 Å². The summed E-state index contributed by atoms with van der Waals surface area (Å²) in [6.45, 7) is 1.18. The number of likely N-dealkylation sites (N-methyl/N-ethyl adjacent to an activating group) is 1. The molecule has 0 heterocycles. The number of methoxy groups -OCH3 is 2. The van der Waals surface area contributed by atoms with E-state index in [0.29, 0.717) is 0 Å². The average Bonchev–Trinajstić information content (AvgIpc) is 2.16. The normalized spacial score (nSPS) is 16.4. The second-order valence-electron chi connectivity index (χ2n) is 3.49. The molecule has 0 aliphatic heterocycles. The number of amides is 1. The highest BCUT2D eigenvalue weighted by atomic mass is 16.6. The van der Waals surface area contributed by atoms with Gasteiger partial charge < -0.3 is 19.5 Å². The number of rotatable bonds is 4. The van der Waals surface area contributed by atoms with Crippen molar-refractivity contribution in [1.82, 2.24) is 4.90 Å². The van der Waals surface area contributed by atoms with Crippen molar-refractivity contribution in [3.8, 4) is 0 Å². The molecule has 2 atom stereocenters. The maximum Gasteiger partial charge on any atom is 0.340 e. The molecule has 0 aromatic carbocycles. The van der Waals surface area contributed by atoms with Crippen LogP contribution in [-0.4, -0.2) is 61.9 Å². The number of esters is 1. The highest BCUT2D eigenvalue weighted by Gasteiger charge is 2.45. The lowest BCUT2D eigenvalue weighted by Crippen LogP contribution is -2.55. The van der Waals surface area contributed by atoms with Gasteiger partial charge in [0.25, 0.3) is 5.91 Å². The third-order valence-corrected chi connectivity index (χ3v) is 2.01. The molecule has 0 aromatic rings. The van der Waals surface area contributed by atoms with E-state index in [1.807, 2.05) is 0 Å². The zero-order valence-corrected chi connectivity index (χ0v) is 9.60. The third kappa shape index (κ3) is 2.90. The van der Waals surface area contributed by atoms with Crippen LogP contribution in [0.2, 0.25) is 0 Å². The van der Waals surface area contributed by atoms with Crippen LogP contribution in [-0.2, 0) is 19.1 Å². The lowest BCUT2D eigenvalue weighted by atomic mass is 9.98. The molecule has 0 unspecified atom stereocenters. The molecular formula is C9H17NO5. The zero-order valence-electron chi connectivity index (χ0n) is 9.60. The first kappa shape index (κ1) is 13.9. The number of hydrogen-bond donors (Lipinski definition) is 1. The molecule has 0 bridgehead atoms. The summed E-state index contributed by atoms with van der Waals surface area (Å²) in [5, 5.41) is 9.82. The summed E-state index contributed by atoms with van der Waals surface area (Å²) in [7, 11) is 5.37. The number of nitrogens with zero attached hydrogens (tertiary/aromatic N) is 1. The highest BCUT2D eigenvalue weighted by Crippen LogP contribution is 2.16. The topological polar surface area (TPSA) is 76.1 Å². The number of aliphatic hydroxyl groups is 1. The summed E-state index contributed by atoms with van der Waals surface area (Å²) in [5.41, 5.74) is -2.00. The van der Waals surface area contributed by atoms with Gasteiger partial charge in [-0.3, -0.25) is 4.79 Å². The molecule has 88 valence electrons. The van der Waals surface area contributed by atoms with E-state index in [0.717, 1.165) is 7.11 Å². The molecule has 15 heavy (non-hydrogen) atoms. The monoisotopic (exact) mass is 219 g/mol. The lowest BCUT2D eigenvalue weighted by Gasteiger charge is -2.29. The van der Waals surface area contributed by atoms with Gasteiger partial charge >= 0.3 is 5.97 Å². The van der Waals surface area contributed by atoms with Crippen LogP contribution >= 0.6 is 0 Å². The number of carbonyl (C=O) groups excluding carboxylic acids is 2. The van der Waals surface area contributed by atoms with Crippen LogP contribution in [0.25, 0.3) is 0 Å². The van der Waals surface area contributed by atoms with Gasteiger partial charge in [0.2, 0.25) is 0 Å². The van der Waals surface area contributed by atoms with Crippen molar-refractivity contribution in [2.24, 2.45) is 0 Å². The predicted molar refractivity (Wildman–Crippen MR) is 52.1 cm³/mol. The summed E-state index contributed by atoms with van der Waals surface area (Å²) in [6, 6.07) is 0. The minimum atomic E-state index is -2.00. The molecule has 1 amide bonds. The van der Waals surface area contributed by atoms with Crippen LogP contribution in [0, 0.1) is 0 Å². The van der Waals surface area contributed by atoms with Crippen LogP contribution in [0.4, 0.5) is 0 Å². The highest BCUT2D eigenvalue weighted by molar-refractivity contribution is 5.91. The first-order valence-electron chi connectivity index (χ1n) is 4.33. The summed E-state index contributed by atoms with van der Waals surface area (Å²) < 4.78 is 9.21. The maximum atomic E-state index is 11.6. The molecule has 6 heteroatoms. The van der Waals surface area contributed by atoms with Crippen molar-refractivity contribution >= 4 is 11.9 Å². The summed E-state index contributed by atoms with van der Waals surface area (Å²) in [4.78, 5) is 24.0. The van der Waals surface area contributed by atoms with E-state index in [2.05, 4.69) is 4.74 Å². The second kappa shape index (κ2) is 5.09. The van der Waals surface area contributed by atoms with E-state index in [-0.39, 0.29) is 0 Å². The van der Waals surface area contributed by atoms with Crippen LogP contribution in [0.15, 0.2) is 0 Å². The molecule has 0 aliphatic carbocycles. The number of carbonyl (C=O) groups is 2. The van der Waals surface area contributed by atoms with Crippen LogP contribution in [0.1, 0.15) is 6.92 Å². The molecule has 0 rings (SSSR count). The molecule has 0 aromatic heterocycles. The Bertz CT molecular complexity index is 249. The Morgan fingerprint density at radius 1 is 1.33 bits per heavy atom. The summed E-state index contributed by atoms with van der Waals surface area (Å²) in [6.07, 6.45) is -1.28. The lowest BCUT2D eigenvalue weighted by molar-refractivity contribution is -0.182. The van der Waals surface area contributed by atoms with Gasteiger partial charge in [-0.15, -0.1) is 0 Å². The van der Waals surface area contributed by atoms with Crippen molar-refractivity contribution in [3.05, 3.63) is 0 Å². The Hall–Kier alpha value is -1.14. The summed E-state index contributed by atoms with van der Waals surface area (Å²) >= 11 is 0. The first-order valence-corrected chi connectivity index (χ1v) is 4.33. The molecular weight excluding hydrogens is 202 g/mol. The Morgan fingerprint density at radius 3 is 2.07 bits per heavy atom. The van der Waals surface area contributed by atoms with E-state index in [9.17, 15) is 14.7 Å². The minimum Gasteiger partial charge on any atom is -0.467 e. The molecule has 0 spiro atoms. The van der Waals surface area contributed by atoms with Gasteiger partial charge in [0, 0.05) is 21.2 Å². The molecule has 0 saturated carbocycles. The first-order chi connectivity index (χ1) is 6.78. The minimum absolute atomic E-state index is 0.507. The van der Waals surface area contributed by atoms with Crippen LogP contribution in [0.5, 0.6) is 0 Å². The smallest absolute Gasteiger partial charge is 0.340 e. The molecule has 0 fully saturated rings. The molecule has 1 N–H and O–H groups in total. The van der Waals surface area contributed by atoms with Crippen molar-refractivity contribution in [1.29, 1.82) is 0 Å². The fraction of sp³-hybridized carbons (Fsp3) is 0.778. The number of hydrogen-bond acceptors (Lipinski definition) is 5. The SMILES string of the molecule is COC(=O)[C@](C)(O)[C@H](OC)C(=O)N(C)C. The van der Waals surface area contributed by atoms with Gasteiger partial charge in [0.1, 0.15) is 0 Å². The van der Waals surface area contributed by atoms with E-state index in [4.69, 9.17) is 4.74 Å². The largest absolute Gasteiger partial charge is 0.467 e. The van der Waals surface area contributed by atoms with Gasteiger partial charge in [-0.1, -0.05) is 0 Å². The quantitative estimate of drug-likeness (QED) is 0.615. The molecule has 0 radical (unpaired) electrons. The molecule has 6 nitrogen and oxygen atoms in total. The van der Waals surface area contributed by atoms with Gasteiger partial charge in [-0.25, -0.2) is 4.79 Å². The molecule has 0 saturated heterocycles. The van der Waals surface area contributed by atoms with Crippen molar-refractivity contribution < 1.29 is 24.2 Å². The predicted octanol–water partition coefficient (Wildman–Crippen LogP) is -0.986. The summed E-state index contributed by atoms with van der Waals surface area (Å²) in [5.74, 6) is -1.42. The van der Waals surface area contributed by atoms with E-state index >= 15 is 0 Å². The van der Waals surface area contributed by atoms with Crippen LogP contribution < -0.4 is 0 Å². The average molecular weight is 219 g/mol. The second-order valence-corrected chi connectivity index (χ2v) is 3.49. The van der Waals surface area contributed by atoms with Crippen molar-refractivity contribution in [3.63, 3.8) is 0 Å². The van der Waals surface area contributed by atoms with E-state index in [1.165, 1.54) is 33.0 Å². The Balaban J connectivity index is 4.96. The maximum absolute atomic E-state index is 11.6. The van der Waals surface area contributed by atoms with Crippen molar-refractivity contribution in [2.45, 2.75) is 18.6 Å². The standard InChI is InChI=1S/C9H17NO5/c1-9(13,8(12)15-5)6(14-4)7(11)10(2)3/h6,13H,1-5H3/t6-,9-/m1/s1. The van der Waals surface area contributed by atoms with E-state index in [1.54, 1.807) is 0 Å². The number of ether oxygens (including phenoxy) is 2. The van der Waals surface area contributed by atoms with Gasteiger partial charge in [0.05, 0.1) is 7.11 Å². The Kier molecular flexibility index (Phi) is 4.70. The fourth-order valence-corrected chi connectivity index (χ4v) is 1.12. The van der Waals surface area contributed by atoms with Gasteiger partial charge in [-0.2, -0.15) is 0 Å². The Labute approximate surface area is 88.8 Å². The zero-order chi connectivity index (χ0) is 12.2. The van der Waals surface area contributed by atoms with Gasteiger partial charge in [0.15, 0.2) is 11.7 Å². The van der Waals surface area contributed by atoms with Crippen molar-refractivity contribution in [2.75, 3.05) is 28.3 Å². The fourth-order valence-electron chi connectivity index (χ4n) is 1.12. The molecule has 0 aliphatic rings. The van der Waals surface area contributed by atoms with E-state index < -0.39 is 23.6 Å². The Morgan fingerprint density at radius 2 is 1.80 bits per heavy atom. The third-order valence-electron chi connectivity index (χ3n) is 2.01. The van der Waals surface area contributed by atoms with Gasteiger partial charge in [-0.05, 0) is 6.92 Å².